The SMILES string of the molecule is Cc1nc(N[C@@H]2CCN(Cc3ccccc3)C2)nc2c1NC(=O)[C@H](C)N2C. The highest BCUT2D eigenvalue weighted by atomic mass is 16.2. The Balaban J connectivity index is 1.45. The molecule has 1 aromatic carbocycles. The molecule has 0 bridgehead atoms. The molecular formula is C20H26N6O. The molecule has 0 unspecified atom stereocenters. The summed E-state index contributed by atoms with van der Waals surface area (Å²) in [5, 5.41) is 6.41. The van der Waals surface area contributed by atoms with Gasteiger partial charge in [-0.05, 0) is 25.8 Å². The van der Waals surface area contributed by atoms with Gasteiger partial charge in [-0.15, -0.1) is 0 Å². The molecule has 2 aliphatic heterocycles. The molecule has 2 aromatic rings. The Labute approximate surface area is 159 Å². The highest BCUT2D eigenvalue weighted by molar-refractivity contribution is 6.03. The predicted octanol–water partition coefficient (Wildman–Crippen LogP) is 2.25. The zero-order valence-corrected chi connectivity index (χ0v) is 16.1. The van der Waals surface area contributed by atoms with E-state index in [2.05, 4.69) is 49.8 Å². The lowest BCUT2D eigenvalue weighted by Crippen LogP contribution is -2.45. The number of likely N-dealkylation sites (tertiary alicyclic amines) is 1. The first-order chi connectivity index (χ1) is 13.0. The van der Waals surface area contributed by atoms with Gasteiger partial charge < -0.3 is 15.5 Å². The summed E-state index contributed by atoms with van der Waals surface area (Å²) in [5.41, 5.74) is 2.84. The number of hydrogen-bond donors (Lipinski definition) is 2. The van der Waals surface area contributed by atoms with Crippen LogP contribution in [0, 0.1) is 6.92 Å². The standard InChI is InChI=1S/C20H26N6O/c1-13-17-18(25(3)14(2)19(27)23-17)24-20(21-13)22-16-9-10-26(12-16)11-15-7-5-4-6-8-15/h4-8,14,16H,9-12H2,1-3H3,(H,23,27)(H,21,22,24)/t14-,16+/m0/s1. The molecule has 2 aliphatic rings. The number of anilines is 3. The Hall–Kier alpha value is -2.67. The fourth-order valence-corrected chi connectivity index (χ4v) is 3.73. The molecule has 7 heteroatoms. The first-order valence-electron chi connectivity index (χ1n) is 9.46. The summed E-state index contributed by atoms with van der Waals surface area (Å²) in [5.74, 6) is 1.38. The van der Waals surface area contributed by atoms with Crippen molar-refractivity contribution in [3.63, 3.8) is 0 Å². The fraction of sp³-hybridized carbons (Fsp3) is 0.450. The van der Waals surface area contributed by atoms with E-state index in [4.69, 9.17) is 0 Å². The highest BCUT2D eigenvalue weighted by Crippen LogP contribution is 2.32. The van der Waals surface area contributed by atoms with E-state index in [1.54, 1.807) is 0 Å². The zero-order chi connectivity index (χ0) is 19.0. The normalized spacial score (nSPS) is 22.5. The number of amides is 1. The van der Waals surface area contributed by atoms with E-state index in [9.17, 15) is 4.79 Å². The average molecular weight is 366 g/mol. The van der Waals surface area contributed by atoms with Crippen molar-refractivity contribution >= 4 is 23.4 Å². The van der Waals surface area contributed by atoms with Gasteiger partial charge in [-0.25, -0.2) is 4.98 Å². The molecule has 0 saturated carbocycles. The van der Waals surface area contributed by atoms with Gasteiger partial charge in [0.15, 0.2) is 5.82 Å². The Bertz CT molecular complexity index is 840. The third-order valence-corrected chi connectivity index (χ3v) is 5.47. The van der Waals surface area contributed by atoms with Gasteiger partial charge in [-0.1, -0.05) is 30.3 Å². The van der Waals surface area contributed by atoms with Crippen LogP contribution in [0.3, 0.4) is 0 Å². The molecule has 0 aliphatic carbocycles. The third kappa shape index (κ3) is 3.60. The Kier molecular flexibility index (Phi) is 4.70. The smallest absolute Gasteiger partial charge is 0.246 e. The van der Waals surface area contributed by atoms with Crippen LogP contribution < -0.4 is 15.5 Å². The van der Waals surface area contributed by atoms with Gasteiger partial charge in [0.05, 0.1) is 5.69 Å². The number of fused-ring (bicyclic) bond motifs is 1. The number of nitrogens with one attached hydrogen (secondary N) is 2. The molecule has 2 atom stereocenters. The summed E-state index contributed by atoms with van der Waals surface area (Å²) in [6, 6.07) is 10.6. The minimum absolute atomic E-state index is 0.0234. The van der Waals surface area contributed by atoms with Crippen LogP contribution in [0.4, 0.5) is 17.5 Å². The van der Waals surface area contributed by atoms with E-state index < -0.39 is 0 Å². The number of rotatable bonds is 4. The van der Waals surface area contributed by atoms with E-state index in [0.717, 1.165) is 37.6 Å². The molecule has 0 radical (unpaired) electrons. The lowest BCUT2D eigenvalue weighted by molar-refractivity contribution is -0.117. The maximum Gasteiger partial charge on any atom is 0.246 e. The Morgan fingerprint density at radius 1 is 1.26 bits per heavy atom. The second kappa shape index (κ2) is 7.15. The van der Waals surface area contributed by atoms with Crippen molar-refractivity contribution in [3.8, 4) is 0 Å². The quantitative estimate of drug-likeness (QED) is 0.865. The second-order valence-electron chi connectivity index (χ2n) is 7.46. The summed E-state index contributed by atoms with van der Waals surface area (Å²) in [7, 11) is 1.90. The number of aromatic nitrogens is 2. The van der Waals surface area contributed by atoms with E-state index in [1.165, 1.54) is 5.56 Å². The van der Waals surface area contributed by atoms with E-state index >= 15 is 0 Å². The summed E-state index contributed by atoms with van der Waals surface area (Å²) in [6.45, 7) is 6.78. The number of likely N-dealkylation sites (N-methyl/N-ethyl adjacent to an activating group) is 1. The number of hydrogen-bond acceptors (Lipinski definition) is 6. The van der Waals surface area contributed by atoms with Crippen molar-refractivity contribution in [1.29, 1.82) is 0 Å². The number of aryl methyl sites for hydroxylation is 1. The van der Waals surface area contributed by atoms with Crippen LogP contribution in [-0.4, -0.2) is 53.0 Å². The first-order valence-corrected chi connectivity index (χ1v) is 9.46. The van der Waals surface area contributed by atoms with Crippen molar-refractivity contribution in [2.75, 3.05) is 35.7 Å². The maximum absolute atomic E-state index is 12.0. The molecule has 3 heterocycles. The van der Waals surface area contributed by atoms with Crippen LogP contribution in [0.25, 0.3) is 0 Å². The van der Waals surface area contributed by atoms with Crippen molar-refractivity contribution in [1.82, 2.24) is 14.9 Å². The monoisotopic (exact) mass is 366 g/mol. The lowest BCUT2D eigenvalue weighted by Gasteiger charge is -2.32. The van der Waals surface area contributed by atoms with Crippen LogP contribution in [0.5, 0.6) is 0 Å². The highest BCUT2D eigenvalue weighted by Gasteiger charge is 2.31. The molecule has 1 amide bonds. The predicted molar refractivity (Wildman–Crippen MR) is 107 cm³/mol. The van der Waals surface area contributed by atoms with Gasteiger partial charge in [0.1, 0.15) is 11.7 Å². The molecule has 1 fully saturated rings. The molecule has 2 N–H and O–H groups in total. The maximum atomic E-state index is 12.0. The minimum atomic E-state index is -0.243. The van der Waals surface area contributed by atoms with Gasteiger partial charge in [-0.2, -0.15) is 4.98 Å². The molecule has 7 nitrogen and oxygen atoms in total. The summed E-state index contributed by atoms with van der Waals surface area (Å²) in [6.07, 6.45) is 1.06. The molecule has 1 aromatic heterocycles. The molecule has 142 valence electrons. The molecule has 0 spiro atoms. The largest absolute Gasteiger partial charge is 0.350 e. The third-order valence-electron chi connectivity index (χ3n) is 5.47. The van der Waals surface area contributed by atoms with Crippen LogP contribution in [0.1, 0.15) is 24.6 Å². The molecule has 27 heavy (non-hydrogen) atoms. The van der Waals surface area contributed by atoms with Gasteiger partial charge in [0.25, 0.3) is 0 Å². The van der Waals surface area contributed by atoms with Crippen molar-refractivity contribution in [3.05, 3.63) is 41.6 Å². The van der Waals surface area contributed by atoms with Crippen molar-refractivity contribution in [2.45, 2.75) is 38.9 Å². The van der Waals surface area contributed by atoms with Gasteiger partial charge in [0.2, 0.25) is 11.9 Å². The van der Waals surface area contributed by atoms with E-state index in [1.807, 2.05) is 31.9 Å². The first kappa shape index (κ1) is 17.7. The van der Waals surface area contributed by atoms with Crippen molar-refractivity contribution < 1.29 is 4.79 Å². The summed E-state index contributed by atoms with van der Waals surface area (Å²) in [4.78, 5) is 25.7. The summed E-state index contributed by atoms with van der Waals surface area (Å²) < 4.78 is 0. The van der Waals surface area contributed by atoms with Crippen LogP contribution in [-0.2, 0) is 11.3 Å². The minimum Gasteiger partial charge on any atom is -0.350 e. The van der Waals surface area contributed by atoms with Gasteiger partial charge >= 0.3 is 0 Å². The van der Waals surface area contributed by atoms with E-state index in [0.29, 0.717) is 17.7 Å². The fourth-order valence-electron chi connectivity index (χ4n) is 3.73. The number of benzene rings is 1. The molecule has 4 rings (SSSR count). The van der Waals surface area contributed by atoms with Gasteiger partial charge in [0, 0.05) is 32.7 Å². The van der Waals surface area contributed by atoms with E-state index in [-0.39, 0.29) is 11.9 Å². The lowest BCUT2D eigenvalue weighted by atomic mass is 10.2. The second-order valence-corrected chi connectivity index (χ2v) is 7.46. The Morgan fingerprint density at radius 3 is 2.81 bits per heavy atom. The topological polar surface area (TPSA) is 73.4 Å². The summed E-state index contributed by atoms with van der Waals surface area (Å²) >= 11 is 0. The van der Waals surface area contributed by atoms with Crippen molar-refractivity contribution in [2.24, 2.45) is 0 Å². The van der Waals surface area contributed by atoms with Crippen LogP contribution >= 0.6 is 0 Å². The molecular weight excluding hydrogens is 340 g/mol. The number of nitrogens with zero attached hydrogens (tertiary/aromatic N) is 4. The number of carbonyl (C=O) groups excluding carboxylic acids is 1. The Morgan fingerprint density at radius 2 is 2.04 bits per heavy atom. The van der Waals surface area contributed by atoms with Gasteiger partial charge in [-0.3, -0.25) is 9.69 Å². The average Bonchev–Trinajstić information content (AvgIpc) is 3.08. The zero-order valence-electron chi connectivity index (χ0n) is 16.1. The number of carbonyl (C=O) groups is 1. The van der Waals surface area contributed by atoms with Crippen LogP contribution in [0.2, 0.25) is 0 Å². The molecule has 1 saturated heterocycles. The van der Waals surface area contributed by atoms with Crippen LogP contribution in [0.15, 0.2) is 30.3 Å².